The predicted octanol–water partition coefficient (Wildman–Crippen LogP) is 7.20. The molecule has 5 unspecified atom stereocenters. The number of rotatable bonds is 6. The van der Waals surface area contributed by atoms with Crippen LogP contribution in [0.25, 0.3) is 0 Å². The third kappa shape index (κ3) is 17.8. The van der Waals surface area contributed by atoms with E-state index in [9.17, 15) is 14.4 Å². The Morgan fingerprint density at radius 2 is 0.976 bits per heavy atom. The molecule has 3 saturated heterocycles. The van der Waals surface area contributed by atoms with E-state index in [1.54, 1.807) is 20.8 Å². The summed E-state index contributed by atoms with van der Waals surface area (Å²) in [5, 5.41) is 0. The first kappa shape index (κ1) is 43.0. The molecule has 7 nitrogen and oxygen atoms in total. The summed E-state index contributed by atoms with van der Waals surface area (Å²) in [6.45, 7) is 20.1. The Morgan fingerprint density at radius 1 is 0.571 bits per heavy atom. The topological polar surface area (TPSA) is 70.2 Å². The van der Waals surface area contributed by atoms with Crippen LogP contribution in [0.2, 0.25) is 0 Å². The summed E-state index contributed by atoms with van der Waals surface area (Å²) in [5.74, 6) is 0.909. The maximum absolute atomic E-state index is 11.1. The number of carbonyl (C=O) groups excluding carboxylic acids is 3. The third-order valence-electron chi connectivity index (χ3n) is 8.43. The molecular formula is C35H71N3O4. The highest BCUT2D eigenvalue weighted by Crippen LogP contribution is 2.30. The summed E-state index contributed by atoms with van der Waals surface area (Å²) >= 11 is 0. The van der Waals surface area contributed by atoms with Gasteiger partial charge in [-0.3, -0.25) is 19.3 Å². The van der Waals surface area contributed by atoms with Crippen LogP contribution in [-0.2, 0) is 19.1 Å². The quantitative estimate of drug-likeness (QED) is 0.321. The van der Waals surface area contributed by atoms with Crippen molar-refractivity contribution in [1.82, 2.24) is 14.7 Å². The van der Waals surface area contributed by atoms with E-state index < -0.39 is 0 Å². The van der Waals surface area contributed by atoms with Gasteiger partial charge in [-0.25, -0.2) is 0 Å². The molecule has 5 atom stereocenters. The number of ketones is 3. The number of morpholine rings is 1. The molecule has 4 rings (SSSR count). The molecule has 4 aliphatic rings. The molecule has 0 amide bonds. The fourth-order valence-corrected chi connectivity index (χ4v) is 6.20. The van der Waals surface area contributed by atoms with Crippen molar-refractivity contribution in [2.24, 2.45) is 0 Å². The van der Waals surface area contributed by atoms with Gasteiger partial charge in [0.05, 0.1) is 12.7 Å². The summed E-state index contributed by atoms with van der Waals surface area (Å²) in [7, 11) is 6.37. The van der Waals surface area contributed by atoms with Crippen molar-refractivity contribution in [3.05, 3.63) is 0 Å². The van der Waals surface area contributed by atoms with Gasteiger partial charge in [0, 0.05) is 43.4 Å². The Balaban J connectivity index is 0. The van der Waals surface area contributed by atoms with Gasteiger partial charge < -0.3 is 14.5 Å². The van der Waals surface area contributed by atoms with Crippen molar-refractivity contribution < 1.29 is 19.1 Å². The fourth-order valence-electron chi connectivity index (χ4n) is 6.20. The molecule has 0 aromatic carbocycles. The molecule has 42 heavy (non-hydrogen) atoms. The lowest BCUT2D eigenvalue weighted by Gasteiger charge is -2.46. The normalized spacial score (nSPS) is 27.3. The Labute approximate surface area is 261 Å². The molecule has 0 aromatic rings. The largest absolute Gasteiger partial charge is 0.375 e. The number of hydrogen-bond acceptors (Lipinski definition) is 7. The minimum absolute atomic E-state index is 0.268. The average Bonchev–Trinajstić information content (AvgIpc) is 3.38. The van der Waals surface area contributed by atoms with Crippen LogP contribution in [0, 0.1) is 0 Å². The van der Waals surface area contributed by atoms with Crippen LogP contribution >= 0.6 is 0 Å². The Hall–Kier alpha value is -1.15. The van der Waals surface area contributed by atoms with Crippen molar-refractivity contribution in [1.29, 1.82) is 0 Å². The molecule has 250 valence electrons. The first-order valence-electron chi connectivity index (χ1n) is 17.3. The van der Waals surface area contributed by atoms with Crippen molar-refractivity contribution in [3.63, 3.8) is 0 Å². The maximum atomic E-state index is 11.1. The highest BCUT2D eigenvalue weighted by atomic mass is 16.5. The van der Waals surface area contributed by atoms with Gasteiger partial charge >= 0.3 is 0 Å². The van der Waals surface area contributed by atoms with Crippen LogP contribution in [-0.4, -0.2) is 103 Å². The molecule has 1 saturated carbocycles. The van der Waals surface area contributed by atoms with Gasteiger partial charge in [-0.15, -0.1) is 0 Å². The van der Waals surface area contributed by atoms with E-state index in [4.69, 9.17) is 4.74 Å². The van der Waals surface area contributed by atoms with Crippen LogP contribution in [0.3, 0.4) is 0 Å². The van der Waals surface area contributed by atoms with Gasteiger partial charge in [0.25, 0.3) is 0 Å². The second-order valence-corrected chi connectivity index (χ2v) is 11.7. The number of likely N-dealkylation sites (N-methyl/N-ethyl adjacent to an activating group) is 1. The molecule has 3 aliphatic heterocycles. The zero-order valence-electron chi connectivity index (χ0n) is 30.0. The smallest absolute Gasteiger partial charge is 0.131 e. The van der Waals surface area contributed by atoms with Crippen molar-refractivity contribution >= 4 is 17.3 Å². The monoisotopic (exact) mass is 598 g/mol. The van der Waals surface area contributed by atoms with E-state index in [2.05, 4.69) is 35.8 Å². The number of likely N-dealkylation sites (tertiary alicyclic amines) is 2. The Kier molecular flexibility index (Phi) is 26.9. The van der Waals surface area contributed by atoms with Gasteiger partial charge in [-0.2, -0.15) is 0 Å². The average molecular weight is 598 g/mol. The van der Waals surface area contributed by atoms with E-state index in [1.165, 1.54) is 57.8 Å². The molecular weight excluding hydrogens is 526 g/mol. The number of fused-ring (bicyclic) bond motifs is 1. The standard InChI is InChI=1S/C12H21NO2.C9H17NO.C8H15NO.3C2H6/c1-9(14)7-10-8-15-12-6-4-3-5-11(12)13(10)2;1-8(11)7-9-5-3-4-6-10(9)2;1-7(10)6-8-4-3-5-9(8)2;3*1-2/h10-12H,3-8H2,1-2H3;9H,3-7H2,1-2H3;8H,3-6H2,1-2H3;3*1-2H3. The lowest BCUT2D eigenvalue weighted by atomic mass is 9.88. The van der Waals surface area contributed by atoms with Gasteiger partial charge in [0.15, 0.2) is 0 Å². The van der Waals surface area contributed by atoms with E-state index in [0.717, 1.165) is 32.5 Å². The second-order valence-electron chi connectivity index (χ2n) is 11.7. The summed E-state index contributed by atoms with van der Waals surface area (Å²) in [6.07, 6.45) is 13.8. The predicted molar refractivity (Wildman–Crippen MR) is 179 cm³/mol. The number of nitrogens with zero attached hydrogens (tertiary/aromatic N) is 3. The SMILES string of the molecule is CC.CC.CC.CC(=O)CC1CCCCN1C.CC(=O)CC1CCCN1C.CC(=O)CC1COC2CCCCC2N1C. The summed E-state index contributed by atoms with van der Waals surface area (Å²) in [4.78, 5) is 39.7. The molecule has 3 heterocycles. The van der Waals surface area contributed by atoms with Gasteiger partial charge in [-0.05, 0) is 93.5 Å². The van der Waals surface area contributed by atoms with Crippen LogP contribution < -0.4 is 0 Å². The lowest BCUT2D eigenvalue weighted by molar-refractivity contribution is -0.129. The number of hydrogen-bond donors (Lipinski definition) is 0. The first-order chi connectivity index (χ1) is 20.1. The van der Waals surface area contributed by atoms with Gasteiger partial charge in [-0.1, -0.05) is 60.8 Å². The molecule has 0 radical (unpaired) electrons. The molecule has 0 N–H and O–H groups in total. The minimum Gasteiger partial charge on any atom is -0.375 e. The minimum atomic E-state index is 0.268. The van der Waals surface area contributed by atoms with Gasteiger partial charge in [0.2, 0.25) is 0 Å². The van der Waals surface area contributed by atoms with Crippen LogP contribution in [0.5, 0.6) is 0 Å². The highest BCUT2D eigenvalue weighted by molar-refractivity contribution is 5.76. The van der Waals surface area contributed by atoms with E-state index in [-0.39, 0.29) is 5.78 Å². The maximum Gasteiger partial charge on any atom is 0.131 e. The summed E-state index contributed by atoms with van der Waals surface area (Å²) in [6, 6.07) is 1.93. The summed E-state index contributed by atoms with van der Waals surface area (Å²) < 4.78 is 5.87. The van der Waals surface area contributed by atoms with Crippen LogP contribution in [0.1, 0.15) is 139 Å². The number of ether oxygens (including phenoxy) is 1. The first-order valence-corrected chi connectivity index (χ1v) is 17.3. The lowest BCUT2D eigenvalue weighted by Crippen LogP contribution is -2.56. The van der Waals surface area contributed by atoms with E-state index in [0.29, 0.717) is 48.3 Å². The van der Waals surface area contributed by atoms with Gasteiger partial charge in [0.1, 0.15) is 17.3 Å². The molecule has 0 aromatic heterocycles. The van der Waals surface area contributed by atoms with E-state index >= 15 is 0 Å². The van der Waals surface area contributed by atoms with Crippen molar-refractivity contribution in [3.8, 4) is 0 Å². The third-order valence-corrected chi connectivity index (χ3v) is 8.43. The van der Waals surface area contributed by atoms with Crippen LogP contribution in [0.15, 0.2) is 0 Å². The zero-order chi connectivity index (χ0) is 32.7. The Morgan fingerprint density at radius 3 is 1.40 bits per heavy atom. The highest BCUT2D eigenvalue weighted by Gasteiger charge is 2.37. The Bertz CT molecular complexity index is 702. The fraction of sp³-hybridized carbons (Fsp3) is 0.914. The number of carbonyl (C=O) groups is 3. The van der Waals surface area contributed by atoms with Crippen molar-refractivity contribution in [2.45, 2.75) is 170 Å². The molecule has 1 aliphatic carbocycles. The summed E-state index contributed by atoms with van der Waals surface area (Å²) in [5.41, 5.74) is 0. The van der Waals surface area contributed by atoms with Crippen LogP contribution in [0.4, 0.5) is 0 Å². The molecule has 7 heteroatoms. The second kappa shape index (κ2) is 26.3. The molecule has 4 fully saturated rings. The molecule has 0 bridgehead atoms. The molecule has 0 spiro atoms. The number of Topliss-reactive ketones (excluding diaryl/α,β-unsaturated/α-hetero) is 3. The van der Waals surface area contributed by atoms with Crippen molar-refractivity contribution in [2.75, 3.05) is 40.8 Å². The number of piperidine rings is 1. The van der Waals surface area contributed by atoms with E-state index in [1.807, 2.05) is 41.5 Å². The zero-order valence-corrected chi connectivity index (χ0v) is 30.0.